The van der Waals surface area contributed by atoms with Gasteiger partial charge in [0, 0.05) is 6.54 Å². The van der Waals surface area contributed by atoms with Crippen LogP contribution < -0.4 is 9.47 Å². The minimum atomic E-state index is 0.0639. The van der Waals surface area contributed by atoms with Crippen molar-refractivity contribution >= 4 is 17.7 Å². The molecule has 24 heavy (non-hydrogen) atoms. The molecule has 0 radical (unpaired) electrons. The molecule has 2 rings (SSSR count). The van der Waals surface area contributed by atoms with Gasteiger partial charge in [-0.15, -0.1) is 11.8 Å². The summed E-state index contributed by atoms with van der Waals surface area (Å²) in [4.78, 5) is 16.7. The molecule has 1 aliphatic heterocycles. The number of amides is 1. The number of methoxy groups -OCH3 is 2. The van der Waals surface area contributed by atoms with Gasteiger partial charge in [0.25, 0.3) is 0 Å². The van der Waals surface area contributed by atoms with Crippen molar-refractivity contribution in [3.8, 4) is 11.5 Å². The van der Waals surface area contributed by atoms with Gasteiger partial charge in [0.15, 0.2) is 11.5 Å². The number of carbonyl (C=O) groups is 1. The van der Waals surface area contributed by atoms with Gasteiger partial charge in [0.1, 0.15) is 5.37 Å². The standard InChI is InChI=1S/C18H28N2O3S/c1-5-19(6-2)10-7-11-20-17(21)13-24-18(20)14-8-9-15(22-3)16(12-14)23-4/h8-9,12,18H,5-7,10-11,13H2,1-4H3. The smallest absolute Gasteiger partial charge is 0.233 e. The quantitative estimate of drug-likeness (QED) is 0.683. The molecule has 0 bridgehead atoms. The van der Waals surface area contributed by atoms with Crippen LogP contribution in [-0.2, 0) is 4.79 Å². The Morgan fingerprint density at radius 3 is 2.54 bits per heavy atom. The first kappa shape index (κ1) is 18.9. The van der Waals surface area contributed by atoms with Crippen LogP contribution in [0.4, 0.5) is 0 Å². The molecule has 5 nitrogen and oxygen atoms in total. The van der Waals surface area contributed by atoms with E-state index in [0.29, 0.717) is 17.3 Å². The topological polar surface area (TPSA) is 42.0 Å². The normalized spacial score (nSPS) is 17.6. The van der Waals surface area contributed by atoms with Crippen LogP contribution in [0.25, 0.3) is 0 Å². The van der Waals surface area contributed by atoms with E-state index < -0.39 is 0 Å². The Kier molecular flexibility index (Phi) is 7.24. The van der Waals surface area contributed by atoms with Gasteiger partial charge in [-0.2, -0.15) is 0 Å². The van der Waals surface area contributed by atoms with Crippen LogP contribution in [0.5, 0.6) is 11.5 Å². The third-order valence-electron chi connectivity index (χ3n) is 4.43. The van der Waals surface area contributed by atoms with E-state index in [9.17, 15) is 4.79 Å². The summed E-state index contributed by atoms with van der Waals surface area (Å²) in [6.45, 7) is 8.28. The van der Waals surface area contributed by atoms with Crippen molar-refractivity contribution in [2.45, 2.75) is 25.6 Å². The molecule has 134 valence electrons. The Morgan fingerprint density at radius 1 is 1.21 bits per heavy atom. The van der Waals surface area contributed by atoms with Crippen LogP contribution in [0.1, 0.15) is 31.2 Å². The van der Waals surface area contributed by atoms with Gasteiger partial charge >= 0.3 is 0 Å². The lowest BCUT2D eigenvalue weighted by Gasteiger charge is -2.26. The fourth-order valence-corrected chi connectivity index (χ4v) is 4.19. The molecule has 0 spiro atoms. The number of ether oxygens (including phenoxy) is 2. The highest BCUT2D eigenvalue weighted by molar-refractivity contribution is 8.00. The van der Waals surface area contributed by atoms with Gasteiger partial charge in [0.05, 0.1) is 20.0 Å². The molecule has 1 aromatic rings. The van der Waals surface area contributed by atoms with E-state index in [1.165, 1.54) is 0 Å². The summed E-state index contributed by atoms with van der Waals surface area (Å²) >= 11 is 1.68. The fraction of sp³-hybridized carbons (Fsp3) is 0.611. The third-order valence-corrected chi connectivity index (χ3v) is 5.68. The lowest BCUT2D eigenvalue weighted by molar-refractivity contribution is -0.128. The van der Waals surface area contributed by atoms with Gasteiger partial charge in [-0.1, -0.05) is 19.9 Å². The molecule has 1 aromatic carbocycles. The van der Waals surface area contributed by atoms with E-state index in [1.54, 1.807) is 26.0 Å². The van der Waals surface area contributed by atoms with Crippen LogP contribution in [-0.4, -0.2) is 61.9 Å². The van der Waals surface area contributed by atoms with Crippen LogP contribution >= 0.6 is 11.8 Å². The first-order valence-corrected chi connectivity index (χ1v) is 9.54. The van der Waals surface area contributed by atoms with Gasteiger partial charge < -0.3 is 19.3 Å². The summed E-state index contributed by atoms with van der Waals surface area (Å²) in [5, 5.41) is 0.0639. The Labute approximate surface area is 149 Å². The van der Waals surface area contributed by atoms with Crippen LogP contribution in [0.3, 0.4) is 0 Å². The first-order chi connectivity index (χ1) is 11.6. The summed E-state index contributed by atoms with van der Waals surface area (Å²) in [7, 11) is 3.27. The lowest BCUT2D eigenvalue weighted by atomic mass is 10.1. The minimum absolute atomic E-state index is 0.0639. The van der Waals surface area contributed by atoms with E-state index in [-0.39, 0.29) is 11.3 Å². The Hall–Kier alpha value is -1.40. The second-order valence-electron chi connectivity index (χ2n) is 5.75. The zero-order valence-electron chi connectivity index (χ0n) is 15.1. The van der Waals surface area contributed by atoms with Crippen molar-refractivity contribution in [2.24, 2.45) is 0 Å². The van der Waals surface area contributed by atoms with E-state index in [1.807, 2.05) is 23.1 Å². The Balaban J connectivity index is 2.07. The van der Waals surface area contributed by atoms with E-state index in [2.05, 4.69) is 18.7 Å². The summed E-state index contributed by atoms with van der Waals surface area (Å²) < 4.78 is 10.7. The maximum atomic E-state index is 12.3. The van der Waals surface area contributed by atoms with Crippen molar-refractivity contribution in [1.82, 2.24) is 9.80 Å². The maximum absolute atomic E-state index is 12.3. The van der Waals surface area contributed by atoms with Gasteiger partial charge in [-0.05, 0) is 43.8 Å². The van der Waals surface area contributed by atoms with E-state index in [4.69, 9.17) is 9.47 Å². The molecule has 1 fully saturated rings. The molecular formula is C18H28N2O3S. The predicted molar refractivity (Wildman–Crippen MR) is 98.9 cm³/mol. The summed E-state index contributed by atoms with van der Waals surface area (Å²) in [6, 6.07) is 5.91. The van der Waals surface area contributed by atoms with Crippen molar-refractivity contribution in [1.29, 1.82) is 0 Å². The largest absolute Gasteiger partial charge is 0.493 e. The van der Waals surface area contributed by atoms with Crippen LogP contribution in [0.2, 0.25) is 0 Å². The number of nitrogens with zero attached hydrogens (tertiary/aromatic N) is 2. The number of thioether (sulfide) groups is 1. The van der Waals surface area contributed by atoms with Gasteiger partial charge in [-0.3, -0.25) is 4.79 Å². The van der Waals surface area contributed by atoms with E-state index >= 15 is 0 Å². The molecule has 0 N–H and O–H groups in total. The SMILES string of the molecule is CCN(CC)CCCN1C(=O)CSC1c1ccc(OC)c(OC)c1. The lowest BCUT2D eigenvalue weighted by Crippen LogP contribution is -2.32. The number of hydrogen-bond donors (Lipinski definition) is 0. The molecule has 1 atom stereocenters. The molecule has 1 saturated heterocycles. The monoisotopic (exact) mass is 352 g/mol. The molecule has 1 heterocycles. The highest BCUT2D eigenvalue weighted by atomic mass is 32.2. The van der Waals surface area contributed by atoms with Crippen molar-refractivity contribution in [3.63, 3.8) is 0 Å². The Bertz CT molecular complexity index is 549. The van der Waals surface area contributed by atoms with Gasteiger partial charge in [0.2, 0.25) is 5.91 Å². The molecule has 6 heteroatoms. The van der Waals surface area contributed by atoms with Crippen LogP contribution in [0.15, 0.2) is 18.2 Å². The molecule has 1 unspecified atom stereocenters. The average Bonchev–Trinajstić information content (AvgIpc) is 2.98. The molecule has 1 aliphatic rings. The molecule has 0 aliphatic carbocycles. The molecule has 0 aromatic heterocycles. The highest BCUT2D eigenvalue weighted by Crippen LogP contribution is 2.41. The first-order valence-electron chi connectivity index (χ1n) is 8.49. The third kappa shape index (κ3) is 4.36. The second-order valence-corrected chi connectivity index (χ2v) is 6.81. The highest BCUT2D eigenvalue weighted by Gasteiger charge is 2.32. The second kappa shape index (κ2) is 9.18. The predicted octanol–water partition coefficient (Wildman–Crippen LogP) is 3.01. The summed E-state index contributed by atoms with van der Waals surface area (Å²) in [5.74, 6) is 2.19. The van der Waals surface area contributed by atoms with Crippen molar-refractivity contribution in [3.05, 3.63) is 23.8 Å². The minimum Gasteiger partial charge on any atom is -0.493 e. The number of carbonyl (C=O) groups excluding carboxylic acids is 1. The zero-order valence-corrected chi connectivity index (χ0v) is 15.9. The van der Waals surface area contributed by atoms with Crippen molar-refractivity contribution in [2.75, 3.05) is 46.2 Å². The Morgan fingerprint density at radius 2 is 1.92 bits per heavy atom. The molecular weight excluding hydrogens is 324 g/mol. The summed E-state index contributed by atoms with van der Waals surface area (Å²) in [5.41, 5.74) is 1.09. The van der Waals surface area contributed by atoms with Gasteiger partial charge in [-0.25, -0.2) is 0 Å². The van der Waals surface area contributed by atoms with Crippen molar-refractivity contribution < 1.29 is 14.3 Å². The van der Waals surface area contributed by atoms with Crippen LogP contribution in [0, 0.1) is 0 Å². The summed E-state index contributed by atoms with van der Waals surface area (Å²) in [6.07, 6.45) is 0.998. The van der Waals surface area contributed by atoms with E-state index in [0.717, 1.165) is 38.2 Å². The average molecular weight is 353 g/mol. The zero-order chi connectivity index (χ0) is 17.5. The number of hydrogen-bond acceptors (Lipinski definition) is 5. The molecule has 0 saturated carbocycles. The number of rotatable bonds is 9. The fourth-order valence-electron chi connectivity index (χ4n) is 2.98. The maximum Gasteiger partial charge on any atom is 0.233 e. The molecule has 1 amide bonds. The number of benzene rings is 1.